The lowest BCUT2D eigenvalue weighted by Crippen LogP contribution is -2.38. The van der Waals surface area contributed by atoms with Gasteiger partial charge < -0.3 is 19.9 Å². The number of nitrogens with zero attached hydrogens (tertiary/aromatic N) is 3. The highest BCUT2D eigenvalue weighted by atomic mass is 32.1. The summed E-state index contributed by atoms with van der Waals surface area (Å²) >= 11 is 1.43. The monoisotopic (exact) mass is 454 g/mol. The number of methoxy groups -OCH3 is 1. The summed E-state index contributed by atoms with van der Waals surface area (Å²) in [4.78, 5) is 24.7. The van der Waals surface area contributed by atoms with Crippen molar-refractivity contribution in [3.05, 3.63) is 41.3 Å². The fraction of sp³-hybridized carbons (Fsp3) is 0.273. The highest BCUT2D eigenvalue weighted by Crippen LogP contribution is 2.45. The number of carbonyl (C=O) groups is 1. The molecule has 1 aliphatic rings. The number of amides is 1. The summed E-state index contributed by atoms with van der Waals surface area (Å²) in [6.07, 6.45) is 1.02. The van der Waals surface area contributed by atoms with Gasteiger partial charge in [-0.3, -0.25) is 0 Å². The molecule has 0 saturated carbocycles. The highest BCUT2D eigenvalue weighted by Gasteiger charge is 2.40. The van der Waals surface area contributed by atoms with Crippen LogP contribution in [0.25, 0.3) is 31.8 Å². The molecule has 32 heavy (non-hydrogen) atoms. The molecule has 3 heterocycles. The largest absolute Gasteiger partial charge is 0.480 e. The first-order valence-corrected chi connectivity index (χ1v) is 10.6. The Hall–Kier alpha value is -3.53. The third kappa shape index (κ3) is 3.36. The van der Waals surface area contributed by atoms with Crippen LogP contribution < -0.4 is 15.2 Å². The van der Waals surface area contributed by atoms with Crippen LogP contribution in [0.1, 0.15) is 18.1 Å². The van der Waals surface area contributed by atoms with E-state index in [1.54, 1.807) is 20.2 Å². The zero-order valence-corrected chi connectivity index (χ0v) is 18.4. The summed E-state index contributed by atoms with van der Waals surface area (Å²) in [5.41, 5.74) is 8.57. The van der Waals surface area contributed by atoms with Crippen LogP contribution in [0.2, 0.25) is 0 Å². The number of thiazole rings is 1. The fourth-order valence-electron chi connectivity index (χ4n) is 3.93. The van der Waals surface area contributed by atoms with Gasteiger partial charge in [0.05, 0.1) is 34.6 Å². The normalized spacial score (nSPS) is 17.4. The minimum Gasteiger partial charge on any atom is -0.480 e. The third-order valence-electron chi connectivity index (χ3n) is 5.31. The summed E-state index contributed by atoms with van der Waals surface area (Å²) < 4.78 is 31.6. The molecule has 0 radical (unpaired) electrons. The lowest BCUT2D eigenvalue weighted by atomic mass is 10.00. The van der Waals surface area contributed by atoms with E-state index in [0.29, 0.717) is 39.4 Å². The van der Waals surface area contributed by atoms with E-state index < -0.39 is 17.5 Å². The van der Waals surface area contributed by atoms with Gasteiger partial charge in [-0.25, -0.2) is 24.1 Å². The molecular weight excluding hydrogens is 435 g/mol. The smallest absolute Gasteiger partial charge is 0.404 e. The third-order valence-corrected chi connectivity index (χ3v) is 6.47. The van der Waals surface area contributed by atoms with E-state index >= 15 is 0 Å². The SMILES string of the molecule is COc1cnc2c(-c3nc4cc(F)c5c(c4s3)C[C@@](C)(COC(N)=O)O5)cc(C)cc2n1. The van der Waals surface area contributed by atoms with E-state index in [9.17, 15) is 9.18 Å². The van der Waals surface area contributed by atoms with Gasteiger partial charge in [0, 0.05) is 23.6 Å². The quantitative estimate of drug-likeness (QED) is 0.493. The van der Waals surface area contributed by atoms with Gasteiger partial charge >= 0.3 is 6.09 Å². The molecule has 2 aromatic carbocycles. The molecule has 0 bridgehead atoms. The van der Waals surface area contributed by atoms with Crippen LogP contribution >= 0.6 is 11.3 Å². The van der Waals surface area contributed by atoms with E-state index in [1.165, 1.54) is 17.4 Å². The Balaban J connectivity index is 1.63. The van der Waals surface area contributed by atoms with Crippen molar-refractivity contribution >= 4 is 38.7 Å². The predicted molar refractivity (Wildman–Crippen MR) is 118 cm³/mol. The number of ether oxygens (including phenoxy) is 3. The second kappa shape index (κ2) is 7.27. The van der Waals surface area contributed by atoms with Crippen molar-refractivity contribution in [1.29, 1.82) is 0 Å². The summed E-state index contributed by atoms with van der Waals surface area (Å²) in [5.74, 6) is 0.0699. The van der Waals surface area contributed by atoms with Crippen molar-refractivity contribution in [2.24, 2.45) is 5.73 Å². The first kappa shape index (κ1) is 20.4. The van der Waals surface area contributed by atoms with Gasteiger partial charge in [0.15, 0.2) is 11.6 Å². The minimum absolute atomic E-state index is 0.0798. The maximum atomic E-state index is 14.8. The number of benzene rings is 2. The molecule has 1 atom stereocenters. The van der Waals surface area contributed by atoms with Gasteiger partial charge in [0.1, 0.15) is 17.2 Å². The maximum Gasteiger partial charge on any atom is 0.404 e. The number of rotatable bonds is 4. The first-order chi connectivity index (χ1) is 15.3. The molecule has 1 amide bonds. The molecule has 2 aromatic heterocycles. The molecule has 0 spiro atoms. The Morgan fingerprint density at radius 3 is 2.88 bits per heavy atom. The Morgan fingerprint density at radius 2 is 2.12 bits per heavy atom. The minimum atomic E-state index is -0.908. The maximum absolute atomic E-state index is 14.8. The first-order valence-electron chi connectivity index (χ1n) is 9.81. The fourth-order valence-corrected chi connectivity index (χ4v) is 5.04. The summed E-state index contributed by atoms with van der Waals surface area (Å²) in [6, 6.07) is 5.28. The summed E-state index contributed by atoms with van der Waals surface area (Å²) in [7, 11) is 1.54. The van der Waals surface area contributed by atoms with E-state index in [0.717, 1.165) is 15.8 Å². The van der Waals surface area contributed by atoms with Gasteiger partial charge in [-0.05, 0) is 31.5 Å². The lowest BCUT2D eigenvalue weighted by molar-refractivity contribution is 0.0300. The van der Waals surface area contributed by atoms with Crippen LogP contribution in [0.4, 0.5) is 9.18 Å². The topological polar surface area (TPSA) is 109 Å². The van der Waals surface area contributed by atoms with Crippen LogP contribution in [0.5, 0.6) is 11.6 Å². The molecular formula is C22H19FN4O4S. The Kier molecular flexibility index (Phi) is 4.63. The van der Waals surface area contributed by atoms with Crippen molar-refractivity contribution in [1.82, 2.24) is 15.0 Å². The number of aryl methyl sites for hydroxylation is 1. The van der Waals surface area contributed by atoms with E-state index in [1.807, 2.05) is 19.1 Å². The molecule has 4 aromatic rings. The molecule has 0 aliphatic carbocycles. The molecule has 2 N–H and O–H groups in total. The summed E-state index contributed by atoms with van der Waals surface area (Å²) in [5, 5.41) is 0.697. The highest BCUT2D eigenvalue weighted by molar-refractivity contribution is 7.22. The van der Waals surface area contributed by atoms with Crippen LogP contribution in [-0.2, 0) is 11.2 Å². The van der Waals surface area contributed by atoms with Crippen LogP contribution in [0.3, 0.4) is 0 Å². The van der Waals surface area contributed by atoms with E-state index in [-0.39, 0.29) is 12.4 Å². The Morgan fingerprint density at radius 1 is 1.31 bits per heavy atom. The zero-order valence-electron chi connectivity index (χ0n) is 17.6. The Bertz CT molecular complexity index is 1410. The lowest BCUT2D eigenvalue weighted by Gasteiger charge is -2.22. The van der Waals surface area contributed by atoms with Crippen LogP contribution in [-0.4, -0.2) is 40.4 Å². The summed E-state index contributed by atoms with van der Waals surface area (Å²) in [6.45, 7) is 3.64. The van der Waals surface area contributed by atoms with Gasteiger partial charge in [-0.2, -0.15) is 0 Å². The molecule has 5 rings (SSSR count). The second-order valence-corrected chi connectivity index (χ2v) is 8.96. The number of carbonyl (C=O) groups excluding carboxylic acids is 1. The van der Waals surface area contributed by atoms with E-state index in [4.69, 9.17) is 24.9 Å². The molecule has 0 fully saturated rings. The van der Waals surface area contributed by atoms with Crippen molar-refractivity contribution < 1.29 is 23.4 Å². The number of hydrogen-bond acceptors (Lipinski definition) is 8. The van der Waals surface area contributed by atoms with Gasteiger partial charge in [-0.15, -0.1) is 11.3 Å². The van der Waals surface area contributed by atoms with Gasteiger partial charge in [0.2, 0.25) is 5.88 Å². The van der Waals surface area contributed by atoms with Crippen molar-refractivity contribution in [3.63, 3.8) is 0 Å². The van der Waals surface area contributed by atoms with Crippen molar-refractivity contribution in [2.75, 3.05) is 13.7 Å². The number of fused-ring (bicyclic) bond motifs is 4. The molecule has 10 heteroatoms. The van der Waals surface area contributed by atoms with Crippen molar-refractivity contribution in [3.8, 4) is 22.2 Å². The Labute approximate surface area is 186 Å². The molecule has 164 valence electrons. The van der Waals surface area contributed by atoms with Gasteiger partial charge in [-0.1, -0.05) is 0 Å². The van der Waals surface area contributed by atoms with Crippen LogP contribution in [0.15, 0.2) is 24.4 Å². The standard InChI is InChI=1S/C22H19FN4O4S/c1-10-4-11(17-14(5-10)26-16(29-3)8-25-17)20-27-15-6-13(23)18-12(19(15)32-20)7-22(2,31-18)9-30-21(24)28/h4-6,8H,7,9H2,1-3H3,(H2,24,28)/t22-/m0/s1. The number of nitrogens with two attached hydrogens (primary N) is 1. The average molecular weight is 454 g/mol. The molecule has 0 saturated heterocycles. The van der Waals surface area contributed by atoms with Gasteiger partial charge in [0.25, 0.3) is 0 Å². The van der Waals surface area contributed by atoms with Crippen LogP contribution in [0, 0.1) is 12.7 Å². The second-order valence-electron chi connectivity index (χ2n) is 7.96. The number of halogens is 1. The predicted octanol–water partition coefficient (Wildman–Crippen LogP) is 4.15. The molecule has 0 unspecified atom stereocenters. The van der Waals surface area contributed by atoms with Crippen molar-refractivity contribution in [2.45, 2.75) is 25.9 Å². The number of primary amides is 1. The van der Waals surface area contributed by atoms with E-state index in [2.05, 4.69) is 9.97 Å². The number of hydrogen-bond donors (Lipinski definition) is 1. The zero-order chi connectivity index (χ0) is 22.6. The molecule has 8 nitrogen and oxygen atoms in total. The number of aromatic nitrogens is 3. The average Bonchev–Trinajstić information content (AvgIpc) is 3.33. The molecule has 1 aliphatic heterocycles.